The van der Waals surface area contributed by atoms with Crippen LogP contribution in [0.5, 0.6) is 0 Å². The highest BCUT2D eigenvalue weighted by Crippen LogP contribution is 2.24. The van der Waals surface area contributed by atoms with Gasteiger partial charge in [0.25, 0.3) is 0 Å². The summed E-state index contributed by atoms with van der Waals surface area (Å²) in [5, 5.41) is 15.6. The van der Waals surface area contributed by atoms with Gasteiger partial charge in [-0.05, 0) is 30.7 Å². The largest absolute Gasteiger partial charge is 0.395 e. The lowest BCUT2D eigenvalue weighted by Gasteiger charge is -2.16. The molecule has 0 unspecified atom stereocenters. The molecule has 3 aromatic heterocycles. The van der Waals surface area contributed by atoms with Crippen LogP contribution in [0.15, 0.2) is 49.3 Å². The number of aliphatic hydroxyl groups excluding tert-OH is 1. The minimum Gasteiger partial charge on any atom is -0.395 e. The molecule has 0 saturated carbocycles. The van der Waals surface area contributed by atoms with Crippen LogP contribution in [0.4, 0.5) is 17.5 Å². The van der Waals surface area contributed by atoms with Crippen molar-refractivity contribution in [3.63, 3.8) is 0 Å². The van der Waals surface area contributed by atoms with Crippen molar-refractivity contribution in [2.24, 2.45) is 0 Å². The van der Waals surface area contributed by atoms with Gasteiger partial charge >= 0.3 is 0 Å². The van der Waals surface area contributed by atoms with E-state index < -0.39 is 0 Å². The van der Waals surface area contributed by atoms with Crippen molar-refractivity contribution in [1.82, 2.24) is 34.0 Å². The number of hydrogen-bond donors (Lipinski definition) is 3. The molecule has 1 aliphatic heterocycles. The molecular weight excluding hydrogens is 422 g/mol. The van der Waals surface area contributed by atoms with Gasteiger partial charge in [-0.25, -0.2) is 9.97 Å². The molecule has 0 spiro atoms. The first-order chi connectivity index (χ1) is 16.2. The van der Waals surface area contributed by atoms with Crippen LogP contribution >= 0.6 is 0 Å². The highest BCUT2D eigenvalue weighted by atomic mass is 16.3. The highest BCUT2D eigenvalue weighted by Gasteiger charge is 2.20. The number of benzene rings is 1. The normalized spacial score (nSPS) is 13.7. The molecule has 0 aliphatic carbocycles. The van der Waals surface area contributed by atoms with Crippen LogP contribution in [-0.2, 0) is 11.3 Å². The number of fused-ring (bicyclic) bond motifs is 1. The van der Waals surface area contributed by atoms with E-state index in [1.54, 1.807) is 18.9 Å². The van der Waals surface area contributed by atoms with Crippen molar-refractivity contribution in [2.75, 3.05) is 36.9 Å². The van der Waals surface area contributed by atoms with E-state index in [1.165, 1.54) is 0 Å². The number of imidazole rings is 2. The quantitative estimate of drug-likeness (QED) is 0.355. The second kappa shape index (κ2) is 9.25. The van der Waals surface area contributed by atoms with Crippen LogP contribution in [0.25, 0.3) is 16.9 Å². The third-order valence-corrected chi connectivity index (χ3v) is 5.58. The Kier molecular flexibility index (Phi) is 5.85. The standard InChI is InChI=1S/C22H25N9O2/c32-13-8-24-20-19-21(31(15-25-19)12-11-29-9-1-2-18(29)33)28-22(27-20)26-16-3-5-17(6-4-16)30-10-7-23-14-30/h3-7,10,14-15,32H,1-2,8-9,11-13H2,(H2,24,26,27,28). The number of nitrogens with zero attached hydrogens (tertiary/aromatic N) is 7. The maximum Gasteiger partial charge on any atom is 0.231 e. The SMILES string of the molecule is O=C1CCCN1CCn1cnc2c(NCCO)nc(Nc3ccc(-n4ccnc4)cc3)nc21. The lowest BCUT2D eigenvalue weighted by atomic mass is 10.3. The summed E-state index contributed by atoms with van der Waals surface area (Å²) in [5.74, 6) is 1.15. The number of anilines is 3. The molecule has 3 N–H and O–H groups in total. The Labute approximate surface area is 190 Å². The Morgan fingerprint density at radius 1 is 1.09 bits per heavy atom. The molecule has 1 amide bonds. The molecule has 4 aromatic rings. The number of nitrogens with one attached hydrogen (secondary N) is 2. The predicted molar refractivity (Wildman–Crippen MR) is 124 cm³/mol. The zero-order chi connectivity index (χ0) is 22.6. The molecule has 33 heavy (non-hydrogen) atoms. The molecule has 1 aliphatic rings. The number of rotatable bonds is 9. The summed E-state index contributed by atoms with van der Waals surface area (Å²) in [6.07, 6.45) is 8.61. The average Bonchev–Trinajstić information content (AvgIpc) is 3.58. The molecule has 0 atom stereocenters. The van der Waals surface area contributed by atoms with E-state index in [-0.39, 0.29) is 12.5 Å². The van der Waals surface area contributed by atoms with E-state index in [0.717, 1.165) is 24.3 Å². The van der Waals surface area contributed by atoms with Gasteiger partial charge in [0.2, 0.25) is 11.9 Å². The maximum atomic E-state index is 12.0. The Hall–Kier alpha value is -3.99. The fraction of sp³-hybridized carbons (Fsp3) is 0.318. The zero-order valence-corrected chi connectivity index (χ0v) is 18.1. The zero-order valence-electron chi connectivity index (χ0n) is 18.1. The van der Waals surface area contributed by atoms with E-state index in [1.807, 2.05) is 44.5 Å². The second-order valence-corrected chi connectivity index (χ2v) is 7.78. The number of aliphatic hydroxyl groups is 1. The van der Waals surface area contributed by atoms with E-state index in [9.17, 15) is 9.90 Å². The van der Waals surface area contributed by atoms with Crippen LogP contribution in [-0.4, -0.2) is 71.2 Å². The van der Waals surface area contributed by atoms with Gasteiger partial charge in [-0.1, -0.05) is 0 Å². The first-order valence-corrected chi connectivity index (χ1v) is 10.9. The van der Waals surface area contributed by atoms with E-state index >= 15 is 0 Å². The molecule has 0 radical (unpaired) electrons. The smallest absolute Gasteiger partial charge is 0.231 e. The van der Waals surface area contributed by atoms with Crippen LogP contribution in [0.3, 0.4) is 0 Å². The summed E-state index contributed by atoms with van der Waals surface area (Å²) in [6.45, 7) is 2.33. The highest BCUT2D eigenvalue weighted by molar-refractivity contribution is 5.84. The van der Waals surface area contributed by atoms with Crippen LogP contribution in [0, 0.1) is 0 Å². The van der Waals surface area contributed by atoms with Crippen molar-refractivity contribution >= 4 is 34.5 Å². The average molecular weight is 448 g/mol. The van der Waals surface area contributed by atoms with Gasteiger partial charge in [-0.15, -0.1) is 0 Å². The third-order valence-electron chi connectivity index (χ3n) is 5.58. The number of hydrogen-bond acceptors (Lipinski definition) is 8. The van der Waals surface area contributed by atoms with Crippen LogP contribution in [0.1, 0.15) is 12.8 Å². The van der Waals surface area contributed by atoms with Crippen molar-refractivity contribution in [3.05, 3.63) is 49.3 Å². The van der Waals surface area contributed by atoms with E-state index in [2.05, 4.69) is 25.6 Å². The first-order valence-electron chi connectivity index (χ1n) is 10.9. The summed E-state index contributed by atoms with van der Waals surface area (Å²) < 4.78 is 3.85. The number of aromatic nitrogens is 6. The predicted octanol–water partition coefficient (Wildman–Crippen LogP) is 1.78. The Bertz CT molecular complexity index is 1230. The fourth-order valence-electron chi connectivity index (χ4n) is 3.89. The number of carbonyl (C=O) groups excluding carboxylic acids is 1. The molecule has 170 valence electrons. The van der Waals surface area contributed by atoms with Gasteiger partial charge in [-0.3, -0.25) is 4.79 Å². The molecule has 11 nitrogen and oxygen atoms in total. The lowest BCUT2D eigenvalue weighted by Crippen LogP contribution is -2.28. The van der Waals surface area contributed by atoms with Gasteiger partial charge in [0, 0.05) is 56.4 Å². The molecule has 1 fully saturated rings. The van der Waals surface area contributed by atoms with Gasteiger partial charge < -0.3 is 29.8 Å². The fourth-order valence-corrected chi connectivity index (χ4v) is 3.89. The van der Waals surface area contributed by atoms with Gasteiger partial charge in [0.15, 0.2) is 17.0 Å². The maximum absolute atomic E-state index is 12.0. The molecule has 1 aromatic carbocycles. The Balaban J connectivity index is 1.40. The minimum atomic E-state index is -0.0260. The van der Waals surface area contributed by atoms with Gasteiger partial charge in [0.1, 0.15) is 0 Å². The molecule has 4 heterocycles. The summed E-state index contributed by atoms with van der Waals surface area (Å²) in [6, 6.07) is 7.84. The van der Waals surface area contributed by atoms with Crippen molar-refractivity contribution in [1.29, 1.82) is 0 Å². The number of amides is 1. The van der Waals surface area contributed by atoms with Crippen molar-refractivity contribution in [2.45, 2.75) is 19.4 Å². The van der Waals surface area contributed by atoms with Gasteiger partial charge in [0.05, 0.1) is 19.3 Å². The van der Waals surface area contributed by atoms with Gasteiger partial charge in [-0.2, -0.15) is 9.97 Å². The van der Waals surface area contributed by atoms with E-state index in [4.69, 9.17) is 4.98 Å². The summed E-state index contributed by atoms with van der Waals surface area (Å²) in [7, 11) is 0. The van der Waals surface area contributed by atoms with Crippen LogP contribution < -0.4 is 10.6 Å². The molecule has 0 bridgehead atoms. The third kappa shape index (κ3) is 4.48. The Morgan fingerprint density at radius 2 is 1.97 bits per heavy atom. The number of likely N-dealkylation sites (tertiary alicyclic amines) is 1. The summed E-state index contributed by atoms with van der Waals surface area (Å²) >= 11 is 0. The van der Waals surface area contributed by atoms with Crippen LogP contribution in [0.2, 0.25) is 0 Å². The monoisotopic (exact) mass is 447 g/mol. The molecule has 5 rings (SSSR count). The summed E-state index contributed by atoms with van der Waals surface area (Å²) in [5.41, 5.74) is 3.11. The first kappa shape index (κ1) is 20.9. The topological polar surface area (TPSA) is 126 Å². The molecule has 1 saturated heterocycles. The number of carbonyl (C=O) groups is 1. The van der Waals surface area contributed by atoms with Crippen molar-refractivity contribution < 1.29 is 9.90 Å². The molecular formula is C22H25N9O2. The summed E-state index contributed by atoms with van der Waals surface area (Å²) in [4.78, 5) is 31.6. The molecule has 11 heteroatoms. The minimum absolute atomic E-state index is 0.0260. The lowest BCUT2D eigenvalue weighted by molar-refractivity contribution is -0.127. The Morgan fingerprint density at radius 3 is 2.70 bits per heavy atom. The second-order valence-electron chi connectivity index (χ2n) is 7.78. The van der Waals surface area contributed by atoms with E-state index in [0.29, 0.717) is 49.0 Å². The van der Waals surface area contributed by atoms with Crippen molar-refractivity contribution in [3.8, 4) is 5.69 Å².